The molecule has 0 amide bonds. The van der Waals surface area contributed by atoms with Gasteiger partial charge in [-0.15, -0.1) is 0 Å². The summed E-state index contributed by atoms with van der Waals surface area (Å²) < 4.78 is 0. The van der Waals surface area contributed by atoms with Crippen LogP contribution < -0.4 is 5.73 Å². The van der Waals surface area contributed by atoms with Crippen LogP contribution in [0, 0.1) is 13.8 Å². The van der Waals surface area contributed by atoms with Crippen molar-refractivity contribution >= 4 is 0 Å². The maximum absolute atomic E-state index is 5.59. The zero-order chi connectivity index (χ0) is 9.14. The average molecular weight is 163 g/mol. The van der Waals surface area contributed by atoms with Crippen LogP contribution in [0.1, 0.15) is 29.5 Å². The van der Waals surface area contributed by atoms with E-state index in [2.05, 4.69) is 39.0 Å². The largest absolute Gasteiger partial charge is 0.330 e. The Morgan fingerprint density at radius 2 is 1.92 bits per heavy atom. The summed E-state index contributed by atoms with van der Waals surface area (Å²) in [6, 6.07) is 6.56. The first-order valence-corrected chi connectivity index (χ1v) is 4.42. The van der Waals surface area contributed by atoms with Crippen LogP contribution in [-0.2, 0) is 0 Å². The van der Waals surface area contributed by atoms with Gasteiger partial charge in [0.15, 0.2) is 0 Å². The van der Waals surface area contributed by atoms with Crippen LogP contribution in [0.2, 0.25) is 0 Å². The van der Waals surface area contributed by atoms with Crippen LogP contribution in [0.15, 0.2) is 18.2 Å². The lowest BCUT2D eigenvalue weighted by Crippen LogP contribution is -2.08. The van der Waals surface area contributed by atoms with Crippen LogP contribution in [-0.4, -0.2) is 6.54 Å². The van der Waals surface area contributed by atoms with Gasteiger partial charge in [0.05, 0.1) is 0 Å². The second-order valence-corrected chi connectivity index (χ2v) is 3.48. The minimum absolute atomic E-state index is 0.476. The van der Waals surface area contributed by atoms with Gasteiger partial charge in [0.25, 0.3) is 0 Å². The monoisotopic (exact) mass is 163 g/mol. The van der Waals surface area contributed by atoms with Crippen molar-refractivity contribution in [3.8, 4) is 0 Å². The lowest BCUT2D eigenvalue weighted by molar-refractivity contribution is 0.773. The molecule has 0 saturated heterocycles. The molecule has 0 fully saturated rings. The molecule has 0 aliphatic rings. The highest BCUT2D eigenvalue weighted by atomic mass is 14.5. The molecule has 12 heavy (non-hydrogen) atoms. The second-order valence-electron chi connectivity index (χ2n) is 3.48. The Bertz CT molecular complexity index is 266. The summed E-state index contributed by atoms with van der Waals surface area (Å²) in [4.78, 5) is 0. The Morgan fingerprint density at radius 1 is 1.25 bits per heavy atom. The summed E-state index contributed by atoms with van der Waals surface area (Å²) in [7, 11) is 0. The molecule has 0 spiro atoms. The van der Waals surface area contributed by atoms with Crippen molar-refractivity contribution in [2.24, 2.45) is 5.73 Å². The Morgan fingerprint density at radius 3 is 2.42 bits per heavy atom. The zero-order valence-corrected chi connectivity index (χ0v) is 8.09. The molecule has 0 bridgehead atoms. The van der Waals surface area contributed by atoms with E-state index >= 15 is 0 Å². The molecule has 1 heteroatoms. The molecular weight excluding hydrogens is 146 g/mol. The van der Waals surface area contributed by atoms with E-state index in [0.717, 1.165) is 6.54 Å². The topological polar surface area (TPSA) is 26.0 Å². The minimum Gasteiger partial charge on any atom is -0.330 e. The predicted octanol–water partition coefficient (Wildman–Crippen LogP) is 2.37. The van der Waals surface area contributed by atoms with Gasteiger partial charge < -0.3 is 5.73 Å². The molecule has 66 valence electrons. The quantitative estimate of drug-likeness (QED) is 0.711. The van der Waals surface area contributed by atoms with Crippen molar-refractivity contribution in [2.45, 2.75) is 26.7 Å². The summed E-state index contributed by atoms with van der Waals surface area (Å²) in [6.45, 7) is 7.15. The molecule has 1 atom stereocenters. The lowest BCUT2D eigenvalue weighted by atomic mass is 9.97. The highest BCUT2D eigenvalue weighted by molar-refractivity contribution is 5.31. The lowest BCUT2D eigenvalue weighted by Gasteiger charge is -2.10. The Labute approximate surface area is 74.6 Å². The van der Waals surface area contributed by atoms with Crippen LogP contribution in [0.5, 0.6) is 0 Å². The van der Waals surface area contributed by atoms with Crippen molar-refractivity contribution in [2.75, 3.05) is 6.54 Å². The van der Waals surface area contributed by atoms with E-state index < -0.39 is 0 Å². The van der Waals surface area contributed by atoms with Crippen LogP contribution in [0.25, 0.3) is 0 Å². The number of rotatable bonds is 2. The van der Waals surface area contributed by atoms with E-state index in [1.807, 2.05) is 0 Å². The predicted molar refractivity (Wildman–Crippen MR) is 53.4 cm³/mol. The van der Waals surface area contributed by atoms with Crippen molar-refractivity contribution in [1.82, 2.24) is 0 Å². The van der Waals surface area contributed by atoms with Gasteiger partial charge in [-0.3, -0.25) is 0 Å². The molecule has 0 saturated carbocycles. The fourth-order valence-corrected chi connectivity index (χ4v) is 1.21. The molecule has 1 nitrogen and oxygen atoms in total. The van der Waals surface area contributed by atoms with E-state index in [4.69, 9.17) is 5.73 Å². The third-order valence-electron chi connectivity index (χ3n) is 2.45. The first-order valence-electron chi connectivity index (χ1n) is 4.42. The fourth-order valence-electron chi connectivity index (χ4n) is 1.21. The van der Waals surface area contributed by atoms with Crippen molar-refractivity contribution in [1.29, 1.82) is 0 Å². The number of hydrogen-bond acceptors (Lipinski definition) is 1. The van der Waals surface area contributed by atoms with Gasteiger partial charge in [0.1, 0.15) is 0 Å². The highest BCUT2D eigenvalue weighted by Gasteiger charge is 2.03. The molecule has 1 aromatic rings. The van der Waals surface area contributed by atoms with Gasteiger partial charge in [0.2, 0.25) is 0 Å². The summed E-state index contributed by atoms with van der Waals surface area (Å²) in [5.41, 5.74) is 9.64. The smallest absolute Gasteiger partial charge is 0.00109 e. The van der Waals surface area contributed by atoms with Gasteiger partial charge in [-0.2, -0.15) is 0 Å². The number of hydrogen-bond donors (Lipinski definition) is 1. The van der Waals surface area contributed by atoms with Crippen molar-refractivity contribution in [3.63, 3.8) is 0 Å². The van der Waals surface area contributed by atoms with Gasteiger partial charge >= 0.3 is 0 Å². The fraction of sp³-hybridized carbons (Fsp3) is 0.455. The number of aryl methyl sites for hydroxylation is 2. The molecule has 1 aromatic carbocycles. The van der Waals surface area contributed by atoms with E-state index in [-0.39, 0.29) is 0 Å². The maximum Gasteiger partial charge on any atom is -0.00109 e. The van der Waals surface area contributed by atoms with E-state index in [0.29, 0.717) is 5.92 Å². The Balaban J connectivity index is 2.96. The zero-order valence-electron chi connectivity index (χ0n) is 8.09. The average Bonchev–Trinajstić information content (AvgIpc) is 2.08. The van der Waals surface area contributed by atoms with Crippen LogP contribution >= 0.6 is 0 Å². The van der Waals surface area contributed by atoms with Crippen LogP contribution in [0.3, 0.4) is 0 Å². The number of benzene rings is 1. The molecule has 0 aliphatic carbocycles. The van der Waals surface area contributed by atoms with Gasteiger partial charge in [-0.25, -0.2) is 0 Å². The first kappa shape index (κ1) is 9.27. The van der Waals surface area contributed by atoms with Crippen molar-refractivity contribution in [3.05, 3.63) is 34.9 Å². The molecule has 1 rings (SSSR count). The van der Waals surface area contributed by atoms with Crippen molar-refractivity contribution < 1.29 is 0 Å². The summed E-state index contributed by atoms with van der Waals surface area (Å²) in [5.74, 6) is 0.476. The Kier molecular flexibility index (Phi) is 2.88. The second kappa shape index (κ2) is 3.72. The summed E-state index contributed by atoms with van der Waals surface area (Å²) >= 11 is 0. The van der Waals surface area contributed by atoms with E-state index in [9.17, 15) is 0 Å². The first-order chi connectivity index (χ1) is 5.65. The molecular formula is C11H17N. The van der Waals surface area contributed by atoms with Crippen LogP contribution in [0.4, 0.5) is 0 Å². The number of nitrogens with two attached hydrogens (primary N) is 1. The minimum atomic E-state index is 0.476. The summed E-state index contributed by atoms with van der Waals surface area (Å²) in [6.07, 6.45) is 0. The molecule has 0 aliphatic heterocycles. The molecule has 0 heterocycles. The Hall–Kier alpha value is -0.820. The van der Waals surface area contributed by atoms with Gasteiger partial charge in [0, 0.05) is 0 Å². The summed E-state index contributed by atoms with van der Waals surface area (Å²) in [5, 5.41) is 0. The molecule has 2 N–H and O–H groups in total. The van der Waals surface area contributed by atoms with Gasteiger partial charge in [-0.1, -0.05) is 25.1 Å². The van der Waals surface area contributed by atoms with E-state index in [1.165, 1.54) is 16.7 Å². The van der Waals surface area contributed by atoms with Gasteiger partial charge in [-0.05, 0) is 43.0 Å². The highest BCUT2D eigenvalue weighted by Crippen LogP contribution is 2.17. The third-order valence-corrected chi connectivity index (χ3v) is 2.45. The third kappa shape index (κ3) is 1.86. The molecule has 1 unspecified atom stereocenters. The molecule has 0 aromatic heterocycles. The SMILES string of the molecule is Cc1ccc(C(C)CN)cc1C. The standard InChI is InChI=1S/C11H17N/c1-8-4-5-11(6-9(8)2)10(3)7-12/h4-6,10H,7,12H2,1-3H3. The molecule has 0 radical (unpaired) electrons. The maximum atomic E-state index is 5.59. The normalized spacial score (nSPS) is 13.0. The van der Waals surface area contributed by atoms with E-state index in [1.54, 1.807) is 0 Å².